The standard InChI is InChI=1S/C19H23N5O/c1-12(2)20-14(4)17-21-22-18-15(5)23(10-11-24(17)18)19(25)16-8-6-13(3)7-9-16/h6-9,15H,1,10-11H2,2-5H3/t15-/m1/s1. The van der Waals surface area contributed by atoms with E-state index in [1.165, 1.54) is 0 Å². The second kappa shape index (κ2) is 6.63. The van der Waals surface area contributed by atoms with Gasteiger partial charge in [-0.1, -0.05) is 24.3 Å². The second-order valence-corrected chi connectivity index (χ2v) is 6.51. The molecule has 6 nitrogen and oxygen atoms in total. The number of benzene rings is 1. The summed E-state index contributed by atoms with van der Waals surface area (Å²) in [7, 11) is 0. The number of hydrogen-bond acceptors (Lipinski definition) is 4. The molecular formula is C19H23N5O. The Labute approximate surface area is 147 Å². The zero-order chi connectivity index (χ0) is 18.1. The molecule has 0 spiro atoms. The number of aromatic nitrogens is 3. The molecule has 2 heterocycles. The molecule has 2 aromatic rings. The smallest absolute Gasteiger partial charge is 0.254 e. The molecule has 1 aliphatic heterocycles. The molecule has 1 aromatic heterocycles. The first kappa shape index (κ1) is 17.1. The van der Waals surface area contributed by atoms with Crippen LogP contribution in [0.5, 0.6) is 0 Å². The minimum absolute atomic E-state index is 0.0237. The van der Waals surface area contributed by atoms with Crippen molar-refractivity contribution in [2.24, 2.45) is 4.99 Å². The number of carbonyl (C=O) groups excluding carboxylic acids is 1. The van der Waals surface area contributed by atoms with Crippen molar-refractivity contribution in [3.05, 3.63) is 59.3 Å². The SMILES string of the molecule is C=C(C)N=C(C)c1nnc2n1CCN(C(=O)c1ccc(C)cc1)[C@@H]2C. The van der Waals surface area contributed by atoms with Gasteiger partial charge in [0, 0.05) is 24.4 Å². The van der Waals surface area contributed by atoms with Gasteiger partial charge in [0.1, 0.15) is 0 Å². The molecule has 0 saturated heterocycles. The Morgan fingerprint density at radius 2 is 1.88 bits per heavy atom. The van der Waals surface area contributed by atoms with Gasteiger partial charge in [0.25, 0.3) is 5.91 Å². The van der Waals surface area contributed by atoms with Crippen LogP contribution in [-0.4, -0.2) is 37.8 Å². The second-order valence-electron chi connectivity index (χ2n) is 6.51. The van der Waals surface area contributed by atoms with Crippen LogP contribution in [0.25, 0.3) is 0 Å². The number of rotatable bonds is 3. The number of hydrogen-bond donors (Lipinski definition) is 0. The highest BCUT2D eigenvalue weighted by molar-refractivity contribution is 5.96. The van der Waals surface area contributed by atoms with Crippen molar-refractivity contribution in [1.82, 2.24) is 19.7 Å². The summed E-state index contributed by atoms with van der Waals surface area (Å²) in [5.41, 5.74) is 3.36. The van der Waals surface area contributed by atoms with Crippen LogP contribution < -0.4 is 0 Å². The van der Waals surface area contributed by atoms with E-state index in [1.54, 1.807) is 0 Å². The molecule has 25 heavy (non-hydrogen) atoms. The number of fused-ring (bicyclic) bond motifs is 1. The molecule has 1 aromatic carbocycles. The predicted molar refractivity (Wildman–Crippen MR) is 97.7 cm³/mol. The van der Waals surface area contributed by atoms with E-state index < -0.39 is 0 Å². The minimum atomic E-state index is -0.138. The fourth-order valence-corrected chi connectivity index (χ4v) is 3.13. The predicted octanol–water partition coefficient (Wildman–Crippen LogP) is 3.15. The summed E-state index contributed by atoms with van der Waals surface area (Å²) < 4.78 is 2.05. The lowest BCUT2D eigenvalue weighted by Crippen LogP contribution is -2.41. The van der Waals surface area contributed by atoms with Gasteiger partial charge < -0.3 is 9.47 Å². The van der Waals surface area contributed by atoms with Gasteiger partial charge in [-0.2, -0.15) is 0 Å². The third kappa shape index (κ3) is 3.24. The quantitative estimate of drug-likeness (QED) is 0.808. The molecule has 1 atom stereocenters. The highest BCUT2D eigenvalue weighted by Gasteiger charge is 2.32. The number of nitrogens with zero attached hydrogens (tertiary/aromatic N) is 5. The molecular weight excluding hydrogens is 314 g/mol. The Balaban J connectivity index is 1.88. The molecule has 1 aliphatic rings. The third-order valence-electron chi connectivity index (χ3n) is 4.43. The van der Waals surface area contributed by atoms with Gasteiger partial charge in [-0.05, 0) is 39.8 Å². The van der Waals surface area contributed by atoms with Crippen molar-refractivity contribution in [3.63, 3.8) is 0 Å². The molecule has 0 N–H and O–H groups in total. The molecule has 0 unspecified atom stereocenters. The lowest BCUT2D eigenvalue weighted by Gasteiger charge is -2.33. The monoisotopic (exact) mass is 337 g/mol. The summed E-state index contributed by atoms with van der Waals surface area (Å²) in [5.74, 6) is 1.56. The Hall–Kier alpha value is -2.76. The molecule has 130 valence electrons. The van der Waals surface area contributed by atoms with Crippen LogP contribution in [0.3, 0.4) is 0 Å². The summed E-state index contributed by atoms with van der Waals surface area (Å²) in [6.07, 6.45) is 0. The molecule has 3 rings (SSSR count). The summed E-state index contributed by atoms with van der Waals surface area (Å²) in [6, 6.07) is 7.53. The summed E-state index contributed by atoms with van der Waals surface area (Å²) in [5, 5.41) is 8.60. The lowest BCUT2D eigenvalue weighted by atomic mass is 10.1. The largest absolute Gasteiger partial charge is 0.327 e. The molecule has 0 bridgehead atoms. The van der Waals surface area contributed by atoms with Gasteiger partial charge in [0.2, 0.25) is 0 Å². The van der Waals surface area contributed by atoms with Crippen LogP contribution in [0.1, 0.15) is 54.4 Å². The average Bonchev–Trinajstić information content (AvgIpc) is 3.00. The van der Waals surface area contributed by atoms with E-state index in [0.29, 0.717) is 18.7 Å². The number of carbonyl (C=O) groups is 1. The third-order valence-corrected chi connectivity index (χ3v) is 4.43. The van der Waals surface area contributed by atoms with Crippen molar-refractivity contribution < 1.29 is 4.79 Å². The summed E-state index contributed by atoms with van der Waals surface area (Å²) in [4.78, 5) is 19.1. The molecule has 1 amide bonds. The Morgan fingerprint density at radius 1 is 1.20 bits per heavy atom. The number of aryl methyl sites for hydroxylation is 1. The van der Waals surface area contributed by atoms with Gasteiger partial charge in [-0.3, -0.25) is 9.79 Å². The zero-order valence-electron chi connectivity index (χ0n) is 15.2. The van der Waals surface area contributed by atoms with E-state index in [9.17, 15) is 4.79 Å². The van der Waals surface area contributed by atoms with E-state index in [0.717, 1.165) is 28.6 Å². The highest BCUT2D eigenvalue weighted by atomic mass is 16.2. The van der Waals surface area contributed by atoms with Crippen LogP contribution in [-0.2, 0) is 6.54 Å². The van der Waals surface area contributed by atoms with Crippen molar-refractivity contribution in [2.75, 3.05) is 6.54 Å². The van der Waals surface area contributed by atoms with Crippen LogP contribution in [0.2, 0.25) is 0 Å². The van der Waals surface area contributed by atoms with Crippen molar-refractivity contribution in [1.29, 1.82) is 0 Å². The number of allylic oxidation sites excluding steroid dienone is 1. The Bertz CT molecular complexity index is 847. The molecule has 6 heteroatoms. The van der Waals surface area contributed by atoms with Crippen LogP contribution in [0.15, 0.2) is 41.5 Å². The summed E-state index contributed by atoms with van der Waals surface area (Å²) in [6.45, 7) is 12.8. The first-order chi connectivity index (χ1) is 11.9. The van der Waals surface area contributed by atoms with Crippen molar-refractivity contribution in [2.45, 2.75) is 40.3 Å². The van der Waals surface area contributed by atoms with E-state index in [4.69, 9.17) is 0 Å². The molecule has 0 fully saturated rings. The van der Waals surface area contributed by atoms with Crippen LogP contribution in [0.4, 0.5) is 0 Å². The average molecular weight is 337 g/mol. The topological polar surface area (TPSA) is 63.4 Å². The van der Waals surface area contributed by atoms with E-state index in [1.807, 2.05) is 61.4 Å². The number of amides is 1. The van der Waals surface area contributed by atoms with Gasteiger partial charge >= 0.3 is 0 Å². The maximum Gasteiger partial charge on any atom is 0.254 e. The summed E-state index contributed by atoms with van der Waals surface area (Å²) >= 11 is 0. The minimum Gasteiger partial charge on any atom is -0.327 e. The van der Waals surface area contributed by atoms with Crippen molar-refractivity contribution >= 4 is 11.6 Å². The van der Waals surface area contributed by atoms with E-state index >= 15 is 0 Å². The van der Waals surface area contributed by atoms with Crippen LogP contribution in [0, 0.1) is 6.92 Å². The first-order valence-electron chi connectivity index (χ1n) is 8.40. The molecule has 0 radical (unpaired) electrons. The normalized spacial score (nSPS) is 17.4. The fraction of sp³-hybridized carbons (Fsp3) is 0.368. The Morgan fingerprint density at radius 3 is 2.52 bits per heavy atom. The van der Waals surface area contributed by atoms with Crippen molar-refractivity contribution in [3.8, 4) is 0 Å². The zero-order valence-corrected chi connectivity index (χ0v) is 15.2. The van der Waals surface area contributed by atoms with Gasteiger partial charge in [-0.25, -0.2) is 0 Å². The molecule has 0 saturated carbocycles. The Kier molecular flexibility index (Phi) is 4.53. The lowest BCUT2D eigenvalue weighted by molar-refractivity contribution is 0.0637. The van der Waals surface area contributed by atoms with Gasteiger partial charge in [0.05, 0.1) is 11.8 Å². The number of aliphatic imine (C=N–C) groups is 1. The molecule has 0 aliphatic carbocycles. The van der Waals surface area contributed by atoms with E-state index in [2.05, 4.69) is 21.8 Å². The van der Waals surface area contributed by atoms with Crippen LogP contribution >= 0.6 is 0 Å². The maximum absolute atomic E-state index is 12.9. The first-order valence-corrected chi connectivity index (χ1v) is 8.40. The highest BCUT2D eigenvalue weighted by Crippen LogP contribution is 2.26. The maximum atomic E-state index is 12.9. The van der Waals surface area contributed by atoms with Gasteiger partial charge in [0.15, 0.2) is 11.6 Å². The van der Waals surface area contributed by atoms with Gasteiger partial charge in [-0.15, -0.1) is 10.2 Å². The van der Waals surface area contributed by atoms with E-state index in [-0.39, 0.29) is 11.9 Å². The fourth-order valence-electron chi connectivity index (χ4n) is 3.13.